The fourth-order valence-electron chi connectivity index (χ4n) is 2.94. The molecule has 27 heavy (non-hydrogen) atoms. The lowest BCUT2D eigenvalue weighted by atomic mass is 10.1. The molecule has 1 aliphatic carbocycles. The molecule has 3 aromatic rings. The quantitative estimate of drug-likeness (QED) is 0.631. The second kappa shape index (κ2) is 6.93. The van der Waals surface area contributed by atoms with Crippen molar-refractivity contribution in [3.8, 4) is 5.75 Å². The maximum absolute atomic E-state index is 12.1. The maximum Gasteiger partial charge on any atom is 0.226 e. The van der Waals surface area contributed by atoms with Crippen LogP contribution in [0.5, 0.6) is 5.75 Å². The molecule has 7 heteroatoms. The third-order valence-corrected chi connectivity index (χ3v) is 5.34. The molecule has 0 bridgehead atoms. The number of aromatic amines is 1. The summed E-state index contributed by atoms with van der Waals surface area (Å²) in [5.41, 5.74) is 2.40. The van der Waals surface area contributed by atoms with Crippen LogP contribution in [-0.4, -0.2) is 16.0 Å². The van der Waals surface area contributed by atoms with Crippen molar-refractivity contribution in [3.05, 3.63) is 46.4 Å². The topological polar surface area (TPSA) is 80.1 Å². The summed E-state index contributed by atoms with van der Waals surface area (Å²) >= 11 is 6.35. The highest BCUT2D eigenvalue weighted by Gasteiger charge is 2.44. The predicted molar refractivity (Wildman–Crippen MR) is 103 cm³/mol. The maximum atomic E-state index is 12.1. The van der Waals surface area contributed by atoms with Crippen molar-refractivity contribution in [2.75, 3.05) is 0 Å². The van der Waals surface area contributed by atoms with E-state index in [2.05, 4.69) is 15.5 Å². The first kappa shape index (κ1) is 17.9. The number of hydrogen-bond donors (Lipinski definition) is 2. The van der Waals surface area contributed by atoms with Crippen molar-refractivity contribution in [3.63, 3.8) is 0 Å². The fraction of sp³-hybridized carbons (Fsp3) is 0.400. The second-order valence-corrected chi connectivity index (χ2v) is 7.74. The highest BCUT2D eigenvalue weighted by molar-refractivity contribution is 6.32. The van der Waals surface area contributed by atoms with Crippen molar-refractivity contribution in [2.45, 2.75) is 46.3 Å². The van der Waals surface area contributed by atoms with Gasteiger partial charge in [0.25, 0.3) is 0 Å². The predicted octanol–water partition coefficient (Wildman–Crippen LogP) is 4.37. The van der Waals surface area contributed by atoms with Gasteiger partial charge in [0.1, 0.15) is 23.8 Å². The Bertz CT molecular complexity index is 988. The van der Waals surface area contributed by atoms with Crippen LogP contribution in [0.1, 0.15) is 43.8 Å². The summed E-state index contributed by atoms with van der Waals surface area (Å²) in [5.74, 6) is 1.52. The molecular weight excluding hydrogens is 366 g/mol. The van der Waals surface area contributed by atoms with E-state index < -0.39 is 0 Å². The monoisotopic (exact) mass is 387 g/mol. The molecule has 0 unspecified atom stereocenters. The zero-order chi connectivity index (χ0) is 19.0. The van der Waals surface area contributed by atoms with Crippen LogP contribution >= 0.6 is 11.6 Å². The SMILES string of the molecule is CCc1cc(COc2cc3[nH]c(CNC(=O)C4(C)CC4)cc3cc2Cl)no1. The van der Waals surface area contributed by atoms with Crippen molar-refractivity contribution in [2.24, 2.45) is 5.41 Å². The Morgan fingerprint density at radius 1 is 1.37 bits per heavy atom. The lowest BCUT2D eigenvalue weighted by Crippen LogP contribution is -2.29. The Balaban J connectivity index is 1.44. The molecule has 1 saturated carbocycles. The number of ether oxygens (including phenoxy) is 1. The molecule has 0 radical (unpaired) electrons. The van der Waals surface area contributed by atoms with Gasteiger partial charge in [0, 0.05) is 40.6 Å². The minimum absolute atomic E-state index is 0.113. The van der Waals surface area contributed by atoms with Crippen LogP contribution in [0.4, 0.5) is 0 Å². The van der Waals surface area contributed by atoms with Gasteiger partial charge < -0.3 is 19.6 Å². The van der Waals surface area contributed by atoms with Crippen LogP contribution in [0.2, 0.25) is 5.02 Å². The molecule has 6 nitrogen and oxygen atoms in total. The molecule has 0 spiro atoms. The van der Waals surface area contributed by atoms with E-state index in [0.29, 0.717) is 17.3 Å². The summed E-state index contributed by atoms with van der Waals surface area (Å²) in [6.07, 6.45) is 2.72. The summed E-state index contributed by atoms with van der Waals surface area (Å²) in [4.78, 5) is 15.4. The first-order chi connectivity index (χ1) is 13.0. The molecule has 1 fully saturated rings. The van der Waals surface area contributed by atoms with E-state index in [9.17, 15) is 4.79 Å². The number of amides is 1. The fourth-order valence-corrected chi connectivity index (χ4v) is 3.17. The Kier molecular flexibility index (Phi) is 4.60. The number of aromatic nitrogens is 2. The standard InChI is InChI=1S/C20H22ClN3O3/c1-3-15-8-14(24-27-15)11-26-18-9-17-12(7-16(18)21)6-13(23-17)10-22-19(25)20(2)4-5-20/h6-9,23H,3-5,10-11H2,1-2H3,(H,22,25). The largest absolute Gasteiger partial charge is 0.486 e. The number of nitrogens with one attached hydrogen (secondary N) is 2. The van der Waals surface area contributed by atoms with Gasteiger partial charge >= 0.3 is 0 Å². The van der Waals surface area contributed by atoms with E-state index in [4.69, 9.17) is 20.9 Å². The van der Waals surface area contributed by atoms with Crippen molar-refractivity contribution >= 4 is 28.4 Å². The highest BCUT2D eigenvalue weighted by Crippen LogP contribution is 2.45. The van der Waals surface area contributed by atoms with Gasteiger partial charge in [-0.1, -0.05) is 30.6 Å². The molecule has 2 N–H and O–H groups in total. The molecule has 4 rings (SSSR count). The van der Waals surface area contributed by atoms with Gasteiger partial charge in [0.15, 0.2) is 0 Å². The molecule has 1 amide bonds. The summed E-state index contributed by atoms with van der Waals surface area (Å²) in [6, 6.07) is 7.59. The smallest absolute Gasteiger partial charge is 0.226 e. The summed E-state index contributed by atoms with van der Waals surface area (Å²) in [5, 5.41) is 8.47. The highest BCUT2D eigenvalue weighted by atomic mass is 35.5. The van der Waals surface area contributed by atoms with Crippen LogP contribution in [0.3, 0.4) is 0 Å². The van der Waals surface area contributed by atoms with Crippen LogP contribution in [-0.2, 0) is 24.4 Å². The van der Waals surface area contributed by atoms with Crippen molar-refractivity contribution in [1.82, 2.24) is 15.5 Å². The Morgan fingerprint density at radius 3 is 2.89 bits per heavy atom. The average molecular weight is 388 g/mol. The van der Waals surface area contributed by atoms with E-state index in [-0.39, 0.29) is 17.9 Å². The van der Waals surface area contributed by atoms with Gasteiger partial charge in [-0.15, -0.1) is 0 Å². The lowest BCUT2D eigenvalue weighted by molar-refractivity contribution is -0.125. The van der Waals surface area contributed by atoms with Gasteiger partial charge in [0.2, 0.25) is 5.91 Å². The summed E-state index contributed by atoms with van der Waals surface area (Å²) < 4.78 is 11.0. The number of fused-ring (bicyclic) bond motifs is 1. The number of aryl methyl sites for hydroxylation is 1. The second-order valence-electron chi connectivity index (χ2n) is 7.33. The molecule has 0 atom stereocenters. The minimum Gasteiger partial charge on any atom is -0.486 e. The zero-order valence-electron chi connectivity index (χ0n) is 15.4. The molecule has 0 aliphatic heterocycles. The first-order valence-corrected chi connectivity index (χ1v) is 9.51. The van der Waals surface area contributed by atoms with Crippen LogP contribution < -0.4 is 10.1 Å². The van der Waals surface area contributed by atoms with Crippen molar-refractivity contribution in [1.29, 1.82) is 0 Å². The summed E-state index contributed by atoms with van der Waals surface area (Å²) in [6.45, 7) is 4.76. The third kappa shape index (κ3) is 3.81. The van der Waals surface area contributed by atoms with E-state index in [1.165, 1.54) is 0 Å². The van der Waals surface area contributed by atoms with Crippen LogP contribution in [0.15, 0.2) is 28.8 Å². The molecule has 142 valence electrons. The summed E-state index contributed by atoms with van der Waals surface area (Å²) in [7, 11) is 0. The van der Waals surface area contributed by atoms with Crippen molar-refractivity contribution < 1.29 is 14.1 Å². The van der Waals surface area contributed by atoms with Gasteiger partial charge in [-0.25, -0.2) is 0 Å². The molecule has 1 aliphatic rings. The van der Waals surface area contributed by atoms with E-state index >= 15 is 0 Å². The lowest BCUT2D eigenvalue weighted by Gasteiger charge is -2.08. The van der Waals surface area contributed by atoms with Gasteiger partial charge in [-0.2, -0.15) is 0 Å². The van der Waals surface area contributed by atoms with E-state index in [0.717, 1.165) is 47.3 Å². The number of nitrogens with zero attached hydrogens (tertiary/aromatic N) is 1. The first-order valence-electron chi connectivity index (χ1n) is 9.13. The minimum atomic E-state index is -0.172. The van der Waals surface area contributed by atoms with Crippen LogP contribution in [0.25, 0.3) is 10.9 Å². The average Bonchev–Trinajstić information content (AvgIpc) is 3.08. The Hall–Kier alpha value is -2.47. The number of rotatable bonds is 7. The third-order valence-electron chi connectivity index (χ3n) is 5.05. The number of benzene rings is 1. The van der Waals surface area contributed by atoms with E-state index in [1.54, 1.807) is 0 Å². The molecule has 2 aromatic heterocycles. The Labute approximate surface area is 162 Å². The number of carbonyl (C=O) groups is 1. The molecule has 1 aromatic carbocycles. The molecular formula is C20H22ClN3O3. The van der Waals surface area contributed by atoms with Gasteiger partial charge in [-0.3, -0.25) is 4.79 Å². The normalized spacial score (nSPS) is 15.1. The molecule has 2 heterocycles. The van der Waals surface area contributed by atoms with Gasteiger partial charge in [-0.05, 0) is 25.0 Å². The van der Waals surface area contributed by atoms with Gasteiger partial charge in [0.05, 0.1) is 11.6 Å². The number of halogens is 1. The number of carbonyl (C=O) groups excluding carboxylic acids is 1. The Morgan fingerprint density at radius 2 is 2.19 bits per heavy atom. The van der Waals surface area contributed by atoms with E-state index in [1.807, 2.05) is 38.1 Å². The van der Waals surface area contributed by atoms with Crippen LogP contribution in [0, 0.1) is 5.41 Å². The number of H-pyrrole nitrogens is 1. The zero-order valence-corrected chi connectivity index (χ0v) is 16.2. The number of hydrogen-bond acceptors (Lipinski definition) is 4. The molecule has 0 saturated heterocycles.